The van der Waals surface area contributed by atoms with Gasteiger partial charge in [-0.1, -0.05) is 176 Å². The summed E-state index contributed by atoms with van der Waals surface area (Å²) in [6, 6.07) is 83.2. The van der Waals surface area contributed by atoms with Gasteiger partial charge in [-0.15, -0.1) is 0 Å². The fourth-order valence-corrected chi connectivity index (χ4v) is 12.2. The summed E-state index contributed by atoms with van der Waals surface area (Å²) in [4.78, 5) is 4.60. The number of hydrogen-bond donors (Lipinski definition) is 0. The van der Waals surface area contributed by atoms with Crippen LogP contribution in [0.1, 0.15) is 17.7 Å². The molecule has 6 heteroatoms. The Morgan fingerprint density at radius 2 is 0.887 bits per heavy atom. The zero-order valence-electron chi connectivity index (χ0n) is 43.6. The summed E-state index contributed by atoms with van der Waals surface area (Å²) in [6.07, 6.45) is 9.74. The third kappa shape index (κ3) is 7.34. The number of anilines is 5. The summed E-state index contributed by atoms with van der Waals surface area (Å²) in [7, 11) is 0. The molecule has 0 unspecified atom stereocenters. The van der Waals surface area contributed by atoms with Gasteiger partial charge in [-0.25, -0.2) is 0 Å². The number of benzene rings is 11. The van der Waals surface area contributed by atoms with Crippen molar-refractivity contribution in [2.24, 2.45) is 0 Å². The highest BCUT2D eigenvalue weighted by Gasteiger charge is 2.25. The molecule has 0 aliphatic heterocycles. The molecule has 11 aromatic carbocycles. The molecule has 0 radical (unpaired) electrons. The number of hydrogen-bond acceptors (Lipinski definition) is 6. The van der Waals surface area contributed by atoms with Crippen LogP contribution in [-0.2, 0) is 0 Å². The van der Waals surface area contributed by atoms with Crippen LogP contribution in [0.25, 0.3) is 116 Å². The first-order valence-corrected chi connectivity index (χ1v) is 27.2. The van der Waals surface area contributed by atoms with E-state index in [1.165, 1.54) is 5.57 Å². The van der Waals surface area contributed by atoms with E-state index < -0.39 is 0 Å². The van der Waals surface area contributed by atoms with E-state index >= 15 is 0 Å². The van der Waals surface area contributed by atoms with Crippen LogP contribution in [0.2, 0.25) is 0 Å². The topological polar surface area (TPSA) is 59.0 Å². The first-order valence-electron chi connectivity index (χ1n) is 27.2. The maximum Gasteiger partial charge on any atom is 0.178 e. The van der Waals surface area contributed by atoms with E-state index in [4.69, 9.17) is 17.7 Å². The predicted molar refractivity (Wildman–Crippen MR) is 331 cm³/mol. The third-order valence-corrected chi connectivity index (χ3v) is 16.0. The molecule has 0 atom stereocenters. The number of nitrogens with zero attached hydrogens (tertiary/aromatic N) is 2. The van der Waals surface area contributed by atoms with E-state index in [0.29, 0.717) is 0 Å². The molecule has 0 saturated heterocycles. The second kappa shape index (κ2) is 18.3. The summed E-state index contributed by atoms with van der Waals surface area (Å²) in [5, 5.41) is 9.58. The smallest absolute Gasteiger partial charge is 0.178 e. The Morgan fingerprint density at radius 3 is 1.49 bits per heavy atom. The molecule has 4 heterocycles. The van der Waals surface area contributed by atoms with Gasteiger partial charge in [0, 0.05) is 77.2 Å². The highest BCUT2D eigenvalue weighted by atomic mass is 16.4. The summed E-state index contributed by atoms with van der Waals surface area (Å²) >= 11 is 0. The van der Waals surface area contributed by atoms with Crippen LogP contribution in [0, 0.1) is 6.92 Å². The van der Waals surface area contributed by atoms with Gasteiger partial charge in [0.15, 0.2) is 22.3 Å². The molecular formula is C74H48N2O4. The van der Waals surface area contributed by atoms with Gasteiger partial charge in [-0.3, -0.25) is 0 Å². The molecule has 0 N–H and O–H groups in total. The lowest BCUT2D eigenvalue weighted by atomic mass is 9.99. The SMILES string of the molecule is Cc1oc2c(ccc3c4cc5ccc(N(c6ccccc6)c6cccc7c6oc6c(-c8ccccc8)cccc67)cc5cc4oc32)c1/C=C1/C=CC(N(c2ccccc2)c2cccc3c2oc2c(-c4ccccc4)cccc23)=CC1. The lowest BCUT2D eigenvalue weighted by Crippen LogP contribution is -2.16. The van der Waals surface area contributed by atoms with Crippen molar-refractivity contribution in [1.29, 1.82) is 0 Å². The molecular weight excluding hydrogens is 981 g/mol. The van der Waals surface area contributed by atoms with Crippen LogP contribution in [0.15, 0.2) is 284 Å². The van der Waals surface area contributed by atoms with Crippen molar-refractivity contribution in [3.8, 4) is 22.3 Å². The van der Waals surface area contributed by atoms with E-state index in [0.717, 1.165) is 162 Å². The average molecular weight is 1030 g/mol. The van der Waals surface area contributed by atoms with Crippen molar-refractivity contribution in [2.45, 2.75) is 13.3 Å². The van der Waals surface area contributed by atoms with E-state index in [-0.39, 0.29) is 0 Å². The molecule has 0 bridgehead atoms. The Bertz CT molecular complexity index is 5040. The van der Waals surface area contributed by atoms with Crippen LogP contribution in [0.4, 0.5) is 28.4 Å². The van der Waals surface area contributed by atoms with Gasteiger partial charge in [0.2, 0.25) is 0 Å². The van der Waals surface area contributed by atoms with Crippen LogP contribution in [0.3, 0.4) is 0 Å². The maximum atomic E-state index is 6.96. The minimum absolute atomic E-state index is 0.724. The molecule has 16 rings (SSSR count). The van der Waals surface area contributed by atoms with E-state index in [2.05, 4.69) is 259 Å². The van der Waals surface area contributed by atoms with Crippen LogP contribution < -0.4 is 9.80 Å². The lowest BCUT2D eigenvalue weighted by Gasteiger charge is -2.28. The normalized spacial score (nSPS) is 13.3. The minimum atomic E-state index is 0.724. The fourth-order valence-electron chi connectivity index (χ4n) is 12.2. The van der Waals surface area contributed by atoms with Gasteiger partial charge >= 0.3 is 0 Å². The van der Waals surface area contributed by atoms with Gasteiger partial charge in [-0.05, 0) is 126 Å². The molecule has 80 heavy (non-hydrogen) atoms. The minimum Gasteiger partial charge on any atom is -0.457 e. The number of rotatable bonds is 9. The van der Waals surface area contributed by atoms with E-state index in [9.17, 15) is 0 Å². The second-order valence-corrected chi connectivity index (χ2v) is 20.7. The zero-order valence-corrected chi connectivity index (χ0v) is 43.6. The summed E-state index contributed by atoms with van der Waals surface area (Å²) in [5.74, 6) is 0.840. The Balaban J connectivity index is 0.747. The standard InChI is InChI=1S/C74H48N2O4/c1-46-64(42-47-34-37-54(38-35-47)75(52-22-10-4-11-23-52)66-32-16-30-60-58-28-14-26-56(69(58)79-71(60)66)48-18-6-2-7-19-48)62-40-41-63-65-44-50-36-39-55(43-51(50)45-68(65)78-74(63)73(62)77-46)76(53-24-12-5-13-25-53)67-33-17-31-61-59-29-15-27-57(70(59)80-72(61)67)49-20-8-3-9-21-49/h2-34,36-45H,35H2,1H3/b47-42-. The number of fused-ring (bicyclic) bond motifs is 12. The Hall–Kier alpha value is -10.6. The lowest BCUT2D eigenvalue weighted by molar-refractivity contribution is 0.568. The molecule has 0 fully saturated rings. The number of allylic oxidation sites excluding steroid dienone is 4. The van der Waals surface area contributed by atoms with Gasteiger partial charge < -0.3 is 27.5 Å². The van der Waals surface area contributed by atoms with Crippen LogP contribution in [0.5, 0.6) is 0 Å². The van der Waals surface area contributed by atoms with Crippen molar-refractivity contribution in [3.63, 3.8) is 0 Å². The fraction of sp³-hybridized carbons (Fsp3) is 0.0270. The molecule has 0 spiro atoms. The third-order valence-electron chi connectivity index (χ3n) is 16.0. The number of furan rings is 4. The molecule has 1 aliphatic carbocycles. The number of aryl methyl sites for hydroxylation is 1. The quantitative estimate of drug-likeness (QED) is 0.144. The Labute approximate surface area is 460 Å². The molecule has 15 aromatic rings. The van der Waals surface area contributed by atoms with Crippen molar-refractivity contribution >= 4 is 122 Å². The highest BCUT2D eigenvalue weighted by Crippen LogP contribution is 2.47. The van der Waals surface area contributed by atoms with Crippen molar-refractivity contribution < 1.29 is 17.7 Å². The van der Waals surface area contributed by atoms with E-state index in [1.807, 2.05) is 19.1 Å². The van der Waals surface area contributed by atoms with Crippen molar-refractivity contribution in [2.75, 3.05) is 9.80 Å². The maximum absolute atomic E-state index is 6.96. The summed E-state index contributed by atoms with van der Waals surface area (Å²) in [6.45, 7) is 2.05. The molecule has 0 saturated carbocycles. The van der Waals surface area contributed by atoms with Crippen LogP contribution in [-0.4, -0.2) is 0 Å². The molecule has 378 valence electrons. The first kappa shape index (κ1) is 45.6. The largest absolute Gasteiger partial charge is 0.457 e. The van der Waals surface area contributed by atoms with E-state index in [1.54, 1.807) is 0 Å². The number of para-hydroxylation sites is 6. The van der Waals surface area contributed by atoms with Gasteiger partial charge in [0.05, 0.1) is 11.4 Å². The van der Waals surface area contributed by atoms with Crippen LogP contribution >= 0.6 is 0 Å². The summed E-state index contributed by atoms with van der Waals surface area (Å²) < 4.78 is 27.4. The zero-order chi connectivity index (χ0) is 52.8. The van der Waals surface area contributed by atoms with Crippen molar-refractivity contribution in [3.05, 3.63) is 277 Å². The predicted octanol–water partition coefficient (Wildman–Crippen LogP) is 21.5. The summed E-state index contributed by atoms with van der Waals surface area (Å²) in [5.41, 5.74) is 18.4. The van der Waals surface area contributed by atoms with Gasteiger partial charge in [0.25, 0.3) is 0 Å². The first-order chi connectivity index (χ1) is 39.6. The monoisotopic (exact) mass is 1030 g/mol. The van der Waals surface area contributed by atoms with Gasteiger partial charge in [0.1, 0.15) is 22.5 Å². The molecule has 1 aliphatic rings. The Morgan fingerprint density at radius 1 is 0.362 bits per heavy atom. The average Bonchev–Trinajstić information content (AvgIpc) is 4.35. The highest BCUT2D eigenvalue weighted by molar-refractivity contribution is 6.18. The second-order valence-electron chi connectivity index (χ2n) is 20.7. The van der Waals surface area contributed by atoms with Gasteiger partial charge in [-0.2, -0.15) is 0 Å². The Kier molecular flexibility index (Phi) is 10.4. The molecule has 4 aromatic heterocycles. The molecule has 6 nitrogen and oxygen atoms in total. The molecule has 0 amide bonds. The van der Waals surface area contributed by atoms with Crippen molar-refractivity contribution in [1.82, 2.24) is 0 Å².